The van der Waals surface area contributed by atoms with Crippen molar-refractivity contribution in [3.63, 3.8) is 0 Å². The number of hydrogen-bond donors (Lipinski definition) is 1. The van der Waals surface area contributed by atoms with Crippen molar-refractivity contribution in [1.29, 1.82) is 0 Å². The summed E-state index contributed by atoms with van der Waals surface area (Å²) in [6.45, 7) is 0. The fourth-order valence-corrected chi connectivity index (χ4v) is 9.00. The molecule has 5 aromatic carbocycles. The molecule has 0 radical (unpaired) electrons. The molecule has 9 heteroatoms. The molecule has 5 aromatic heterocycles. The summed E-state index contributed by atoms with van der Waals surface area (Å²) in [5, 5.41) is 4.84. The van der Waals surface area contributed by atoms with Crippen LogP contribution in [0.1, 0.15) is 11.4 Å². The van der Waals surface area contributed by atoms with Crippen LogP contribution in [0.3, 0.4) is 0 Å². The Hall–Kier alpha value is -7.88. The minimum atomic E-state index is 0.865. The zero-order valence-corrected chi connectivity index (χ0v) is 33.8. The predicted molar refractivity (Wildman–Crippen MR) is 252 cm³/mol. The van der Waals surface area contributed by atoms with Gasteiger partial charge in [-0.15, -0.1) is 0 Å². The molecule has 1 N–H and O–H groups in total. The van der Waals surface area contributed by atoms with Gasteiger partial charge in [-0.05, 0) is 102 Å². The van der Waals surface area contributed by atoms with Crippen LogP contribution in [0, 0.1) is 0 Å². The van der Waals surface area contributed by atoms with Crippen LogP contribution < -0.4 is 4.90 Å². The second kappa shape index (κ2) is 15.4. The molecule has 2 aliphatic rings. The van der Waals surface area contributed by atoms with Gasteiger partial charge in [0.15, 0.2) is 0 Å². The molecule has 12 rings (SSSR count). The first kappa shape index (κ1) is 36.2. The summed E-state index contributed by atoms with van der Waals surface area (Å²) in [4.78, 5) is 24.2. The number of benzene rings is 5. The molecule has 0 saturated carbocycles. The van der Waals surface area contributed by atoms with E-state index in [9.17, 15) is 0 Å². The third-order valence-corrected chi connectivity index (χ3v) is 11.9. The van der Waals surface area contributed by atoms with Crippen LogP contribution in [-0.2, 0) is 0 Å². The van der Waals surface area contributed by atoms with E-state index in [-0.39, 0.29) is 0 Å². The lowest BCUT2D eigenvalue weighted by molar-refractivity contribution is 0.797. The molecule has 0 aliphatic carbocycles. The van der Waals surface area contributed by atoms with Gasteiger partial charge in [0.2, 0.25) is 0 Å². The van der Waals surface area contributed by atoms with E-state index in [4.69, 9.17) is 4.98 Å². The van der Waals surface area contributed by atoms with Gasteiger partial charge in [0.25, 0.3) is 0 Å². The van der Waals surface area contributed by atoms with Crippen LogP contribution in [0.15, 0.2) is 199 Å². The highest BCUT2D eigenvalue weighted by Crippen LogP contribution is 2.55. The van der Waals surface area contributed by atoms with Gasteiger partial charge < -0.3 is 9.88 Å². The Morgan fingerprint density at radius 3 is 1.85 bits per heavy atom. The van der Waals surface area contributed by atoms with Crippen molar-refractivity contribution in [2.24, 2.45) is 4.40 Å². The van der Waals surface area contributed by atoms with Crippen LogP contribution in [0.25, 0.3) is 71.9 Å². The van der Waals surface area contributed by atoms with E-state index in [1.807, 2.05) is 84.4 Å². The first-order chi connectivity index (χ1) is 30.2. The Bertz CT molecular complexity index is 3280. The van der Waals surface area contributed by atoms with Crippen LogP contribution in [0.2, 0.25) is 0 Å². The molecule has 0 fully saturated rings. The van der Waals surface area contributed by atoms with Crippen molar-refractivity contribution in [2.75, 3.05) is 11.9 Å². The van der Waals surface area contributed by atoms with Gasteiger partial charge in [-0.25, -0.2) is 0 Å². The predicted octanol–water partition coefficient (Wildman–Crippen LogP) is 12.9. The van der Waals surface area contributed by atoms with Crippen LogP contribution >= 0.6 is 12.1 Å². The third kappa shape index (κ3) is 6.48. The number of allylic oxidation sites excluding steroid dienone is 1. The van der Waals surface area contributed by atoms with E-state index in [1.54, 1.807) is 12.4 Å². The maximum atomic E-state index is 4.70. The number of para-hydroxylation sites is 1. The fraction of sp³-hybridized carbons (Fsp3) is 0.0192. The topological polar surface area (TPSA) is 86.2 Å². The van der Waals surface area contributed by atoms with E-state index in [1.165, 1.54) is 56.2 Å². The highest BCUT2D eigenvalue weighted by Gasteiger charge is 2.30. The van der Waals surface area contributed by atoms with Gasteiger partial charge in [-0.1, -0.05) is 78.9 Å². The van der Waals surface area contributed by atoms with Gasteiger partial charge in [0, 0.05) is 81.4 Å². The van der Waals surface area contributed by atoms with Gasteiger partial charge in [0.1, 0.15) is 5.71 Å². The highest BCUT2D eigenvalue weighted by molar-refractivity contribution is 7.96. The number of fused-ring (bicyclic) bond motifs is 6. The minimum absolute atomic E-state index is 0.865. The number of anilines is 3. The average Bonchev–Trinajstić information content (AvgIpc) is 3.72. The molecule has 0 spiro atoms. The van der Waals surface area contributed by atoms with Crippen LogP contribution in [0.4, 0.5) is 17.1 Å². The third-order valence-electron chi connectivity index (χ3n) is 11.2. The summed E-state index contributed by atoms with van der Waals surface area (Å²) in [6, 6.07) is 56.8. The summed E-state index contributed by atoms with van der Waals surface area (Å²) in [5.41, 5.74) is 16.0. The SMILES string of the molecule is CN1SN=C(c2ccccn2)C=C1c1ccccn1.c1ccc(N2c3cccc4c(-c5ccccn5)ccc(c34)-c3ccc4[nH]c5ccc(-c6ccccn6)cc5c4c32)cc1. The molecule has 0 amide bonds. The average molecular weight is 805 g/mol. The number of rotatable bonds is 5. The number of aromatic amines is 1. The van der Waals surface area contributed by atoms with Crippen LogP contribution in [-0.4, -0.2) is 42.0 Å². The Morgan fingerprint density at radius 1 is 0.492 bits per heavy atom. The molecular formula is C52H36N8S. The number of aromatic nitrogens is 5. The summed E-state index contributed by atoms with van der Waals surface area (Å²) >= 11 is 1.40. The summed E-state index contributed by atoms with van der Waals surface area (Å²) in [7, 11) is 1.98. The van der Waals surface area contributed by atoms with Crippen molar-refractivity contribution in [2.45, 2.75) is 0 Å². The Labute approximate surface area is 356 Å². The molecule has 290 valence electrons. The molecule has 61 heavy (non-hydrogen) atoms. The number of H-pyrrole nitrogens is 1. The smallest absolute Gasteiger partial charge is 0.101 e. The minimum Gasteiger partial charge on any atom is -0.354 e. The molecule has 7 heterocycles. The normalized spacial score (nSPS) is 13.1. The first-order valence-corrected chi connectivity index (χ1v) is 20.8. The maximum Gasteiger partial charge on any atom is 0.101 e. The summed E-state index contributed by atoms with van der Waals surface area (Å²) in [5.74, 6) is 0. The Kier molecular flexibility index (Phi) is 9.13. The van der Waals surface area contributed by atoms with Gasteiger partial charge >= 0.3 is 0 Å². The van der Waals surface area contributed by atoms with Crippen molar-refractivity contribution < 1.29 is 0 Å². The molecule has 0 unspecified atom stereocenters. The lowest BCUT2D eigenvalue weighted by Gasteiger charge is -2.34. The van der Waals surface area contributed by atoms with Gasteiger partial charge in [-0.3, -0.25) is 24.2 Å². The molecular weight excluding hydrogens is 769 g/mol. The maximum absolute atomic E-state index is 4.70. The lowest BCUT2D eigenvalue weighted by atomic mass is 9.86. The number of nitrogens with one attached hydrogen (secondary N) is 1. The molecule has 0 atom stereocenters. The zero-order valence-electron chi connectivity index (χ0n) is 33.0. The van der Waals surface area contributed by atoms with Crippen LogP contribution in [0.5, 0.6) is 0 Å². The fourth-order valence-electron chi connectivity index (χ4n) is 8.41. The first-order valence-electron chi connectivity index (χ1n) is 20.1. The van der Waals surface area contributed by atoms with E-state index < -0.39 is 0 Å². The molecule has 10 aromatic rings. The largest absolute Gasteiger partial charge is 0.354 e. The number of nitrogens with zero attached hydrogens (tertiary/aromatic N) is 7. The van der Waals surface area contributed by atoms with E-state index in [0.717, 1.165) is 62.0 Å². The van der Waals surface area contributed by atoms with Crippen molar-refractivity contribution in [1.82, 2.24) is 29.2 Å². The lowest BCUT2D eigenvalue weighted by Crippen LogP contribution is -2.15. The molecule has 8 nitrogen and oxygen atoms in total. The second-order valence-corrected chi connectivity index (χ2v) is 15.6. The monoisotopic (exact) mass is 804 g/mol. The molecule has 0 bridgehead atoms. The van der Waals surface area contributed by atoms with Crippen molar-refractivity contribution in [3.8, 4) is 33.6 Å². The summed E-state index contributed by atoms with van der Waals surface area (Å²) in [6.07, 6.45) is 9.30. The Balaban J connectivity index is 0.000000185. The zero-order chi connectivity index (χ0) is 40.7. The highest BCUT2D eigenvalue weighted by atomic mass is 32.2. The van der Waals surface area contributed by atoms with Crippen molar-refractivity contribution >= 4 is 73.2 Å². The standard InChI is InChI=1S/C38H24N4.C14H12N4S/c1-2-9-25(10-3-1)42-35-14-8-11-27-26(32-13-5-7-22-40-32)16-17-28(36(27)35)29-18-20-34-37(38(29)42)30-23-24(15-19-33(30)41-34)31-12-4-6-21-39-31;1-18-14(12-7-3-5-9-16-12)10-13(17-19-18)11-6-2-4-8-15-11/h1-23,41H;2-10H,1H3. The van der Waals surface area contributed by atoms with Gasteiger partial charge in [-0.2, -0.15) is 4.40 Å². The Morgan fingerprint density at radius 2 is 1.13 bits per heavy atom. The quantitative estimate of drug-likeness (QED) is 0.173. The van der Waals surface area contributed by atoms with Gasteiger partial charge in [0.05, 0.1) is 52.0 Å². The second-order valence-electron chi connectivity index (χ2n) is 14.7. The molecule has 0 saturated heterocycles. The van der Waals surface area contributed by atoms with Crippen molar-refractivity contribution in [3.05, 3.63) is 206 Å². The summed E-state index contributed by atoms with van der Waals surface area (Å²) < 4.78 is 6.44. The van der Waals surface area contributed by atoms with E-state index >= 15 is 0 Å². The number of hydrogen-bond acceptors (Lipinski definition) is 8. The molecule has 2 aliphatic heterocycles. The number of pyridine rings is 4. The van der Waals surface area contributed by atoms with E-state index in [2.05, 4.69) is 138 Å². The van der Waals surface area contributed by atoms with E-state index in [0.29, 0.717) is 0 Å².